The Kier molecular flexibility index (Phi) is 4.34. The fourth-order valence-corrected chi connectivity index (χ4v) is 1.62. The maximum Gasteiger partial charge on any atom is 0.411 e. The molecule has 0 amide bonds. The zero-order valence-electron chi connectivity index (χ0n) is 10.3. The summed E-state index contributed by atoms with van der Waals surface area (Å²) in [6, 6.07) is 17.0. The maximum absolute atomic E-state index is 11.1. The molecule has 2 N–H and O–H groups in total. The summed E-state index contributed by atoms with van der Waals surface area (Å²) < 4.78 is 35.9. The molecule has 0 radical (unpaired) electrons. The number of benzene rings is 2. The summed E-state index contributed by atoms with van der Waals surface area (Å²) in [4.78, 5) is 0. The predicted octanol–water partition coefficient (Wildman–Crippen LogP) is 1.70. The van der Waals surface area contributed by atoms with Crippen molar-refractivity contribution in [2.24, 2.45) is 9.54 Å². The van der Waals surface area contributed by atoms with Crippen molar-refractivity contribution in [2.75, 3.05) is 0 Å². The Morgan fingerprint density at radius 3 is 1.60 bits per heavy atom. The summed E-state index contributed by atoms with van der Waals surface area (Å²) in [6.45, 7) is 0. The van der Waals surface area contributed by atoms with Gasteiger partial charge in [-0.25, -0.2) is 5.14 Å². The summed E-state index contributed by atoms with van der Waals surface area (Å²) in [7, 11) is -4.13. The second-order valence-corrected chi connectivity index (χ2v) is 4.91. The molecule has 0 aliphatic rings. The molecular formula is C13H12N2O4S. The van der Waals surface area contributed by atoms with Gasteiger partial charge in [-0.05, 0) is 24.3 Å². The van der Waals surface area contributed by atoms with Gasteiger partial charge < -0.3 is 9.47 Å². The van der Waals surface area contributed by atoms with Crippen molar-refractivity contribution in [1.29, 1.82) is 0 Å². The molecule has 0 aliphatic carbocycles. The van der Waals surface area contributed by atoms with Gasteiger partial charge in [-0.15, -0.1) is 0 Å². The quantitative estimate of drug-likeness (QED) is 0.688. The lowest BCUT2D eigenvalue weighted by Crippen LogP contribution is -2.21. The van der Waals surface area contributed by atoms with Crippen molar-refractivity contribution >= 4 is 16.3 Å². The largest absolute Gasteiger partial charge is 0.411 e. The van der Waals surface area contributed by atoms with Gasteiger partial charge in [0.05, 0.1) is 0 Å². The van der Waals surface area contributed by atoms with Gasteiger partial charge in [-0.2, -0.15) is 8.42 Å². The lowest BCUT2D eigenvalue weighted by molar-refractivity contribution is 0.386. The van der Waals surface area contributed by atoms with Crippen LogP contribution in [0.25, 0.3) is 0 Å². The summed E-state index contributed by atoms with van der Waals surface area (Å²) in [5.41, 5.74) is 0. The Labute approximate surface area is 116 Å². The van der Waals surface area contributed by atoms with Gasteiger partial charge in [0.2, 0.25) is 0 Å². The minimum atomic E-state index is -4.13. The molecule has 0 saturated carbocycles. The molecule has 2 aromatic carbocycles. The van der Waals surface area contributed by atoms with E-state index in [9.17, 15) is 8.42 Å². The first-order valence-electron chi connectivity index (χ1n) is 5.61. The smallest absolute Gasteiger partial charge is 0.410 e. The molecule has 0 atom stereocenters. The summed E-state index contributed by atoms with van der Waals surface area (Å²) >= 11 is 0. The second-order valence-electron chi connectivity index (χ2n) is 3.70. The number of nitrogens with two attached hydrogens (primary N) is 1. The third kappa shape index (κ3) is 4.71. The van der Waals surface area contributed by atoms with E-state index in [1.807, 2.05) is 0 Å². The van der Waals surface area contributed by atoms with E-state index in [1.54, 1.807) is 60.7 Å². The Morgan fingerprint density at radius 2 is 1.25 bits per heavy atom. The van der Waals surface area contributed by atoms with Crippen LogP contribution in [0.15, 0.2) is 65.1 Å². The van der Waals surface area contributed by atoms with Crippen molar-refractivity contribution in [2.45, 2.75) is 0 Å². The fraction of sp³-hybridized carbons (Fsp3) is 0. The number of hydrogen-bond donors (Lipinski definition) is 1. The Balaban J connectivity index is 2.24. The van der Waals surface area contributed by atoms with Crippen molar-refractivity contribution in [3.05, 3.63) is 60.7 Å². The molecule has 0 aromatic heterocycles. The predicted molar refractivity (Wildman–Crippen MR) is 74.7 cm³/mol. The third-order valence-electron chi connectivity index (χ3n) is 2.10. The van der Waals surface area contributed by atoms with Crippen LogP contribution in [-0.2, 0) is 10.2 Å². The molecule has 6 nitrogen and oxygen atoms in total. The minimum Gasteiger partial charge on any atom is -0.410 e. The van der Waals surface area contributed by atoms with Crippen LogP contribution >= 0.6 is 0 Å². The van der Waals surface area contributed by atoms with Crippen LogP contribution < -0.4 is 14.6 Å². The lowest BCUT2D eigenvalue weighted by Gasteiger charge is -2.09. The Hall–Kier alpha value is -2.38. The SMILES string of the molecule is NS(=O)(=O)N=C(Oc1ccccc1)Oc1ccccc1. The molecule has 0 heterocycles. The topological polar surface area (TPSA) is 91.0 Å². The first kappa shape index (κ1) is 14.0. The average molecular weight is 292 g/mol. The van der Waals surface area contributed by atoms with Crippen molar-refractivity contribution < 1.29 is 17.9 Å². The maximum atomic E-state index is 11.1. The zero-order valence-corrected chi connectivity index (χ0v) is 11.2. The highest BCUT2D eigenvalue weighted by atomic mass is 32.2. The number of nitrogens with zero attached hydrogens (tertiary/aromatic N) is 1. The van der Waals surface area contributed by atoms with E-state index in [4.69, 9.17) is 14.6 Å². The van der Waals surface area contributed by atoms with Gasteiger partial charge in [0, 0.05) is 0 Å². The Bertz CT molecular complexity index is 641. The molecule has 0 spiro atoms. The molecule has 7 heteroatoms. The number of rotatable bonds is 3. The summed E-state index contributed by atoms with van der Waals surface area (Å²) in [6.07, 6.45) is -0.468. The van der Waals surface area contributed by atoms with Gasteiger partial charge in [0.1, 0.15) is 11.5 Å². The van der Waals surface area contributed by atoms with E-state index in [2.05, 4.69) is 4.40 Å². The highest BCUT2D eigenvalue weighted by Gasteiger charge is 2.11. The van der Waals surface area contributed by atoms with Gasteiger partial charge in [0.15, 0.2) is 0 Å². The molecular weight excluding hydrogens is 280 g/mol. The van der Waals surface area contributed by atoms with Crippen LogP contribution in [0.5, 0.6) is 11.5 Å². The number of ether oxygens (including phenoxy) is 2. The number of para-hydroxylation sites is 2. The second kappa shape index (κ2) is 6.18. The molecule has 0 unspecified atom stereocenters. The van der Waals surface area contributed by atoms with E-state index in [0.29, 0.717) is 11.5 Å². The van der Waals surface area contributed by atoms with Crippen molar-refractivity contribution in [1.82, 2.24) is 0 Å². The van der Waals surface area contributed by atoms with E-state index >= 15 is 0 Å². The molecule has 0 fully saturated rings. The average Bonchev–Trinajstić information content (AvgIpc) is 2.39. The Morgan fingerprint density at radius 1 is 0.850 bits per heavy atom. The highest BCUT2D eigenvalue weighted by molar-refractivity contribution is 7.87. The first-order chi connectivity index (χ1) is 9.53. The van der Waals surface area contributed by atoms with Crippen molar-refractivity contribution in [3.63, 3.8) is 0 Å². The van der Waals surface area contributed by atoms with E-state index in [0.717, 1.165) is 0 Å². The van der Waals surface area contributed by atoms with Gasteiger partial charge in [0.25, 0.3) is 0 Å². The van der Waals surface area contributed by atoms with Crippen LogP contribution in [0.2, 0.25) is 0 Å². The van der Waals surface area contributed by atoms with E-state index < -0.39 is 16.3 Å². The first-order valence-corrected chi connectivity index (χ1v) is 7.12. The van der Waals surface area contributed by atoms with Crippen LogP contribution in [0.1, 0.15) is 0 Å². The van der Waals surface area contributed by atoms with Crippen LogP contribution in [-0.4, -0.2) is 14.5 Å². The van der Waals surface area contributed by atoms with E-state index in [-0.39, 0.29) is 0 Å². The molecule has 20 heavy (non-hydrogen) atoms. The standard InChI is InChI=1S/C13H12N2O4S/c14-20(16,17)15-13(18-11-7-3-1-4-8-11)19-12-9-5-2-6-10-12/h1-10H,(H2,14,16,17). The van der Waals surface area contributed by atoms with Crippen molar-refractivity contribution in [3.8, 4) is 11.5 Å². The monoisotopic (exact) mass is 292 g/mol. The zero-order chi connectivity index (χ0) is 14.4. The molecule has 104 valence electrons. The molecule has 2 rings (SSSR count). The normalized spacial score (nSPS) is 10.7. The summed E-state index contributed by atoms with van der Waals surface area (Å²) in [5, 5.41) is 4.87. The van der Waals surface area contributed by atoms with Crippen LogP contribution in [0.4, 0.5) is 0 Å². The van der Waals surface area contributed by atoms with Gasteiger partial charge in [-0.1, -0.05) is 40.8 Å². The van der Waals surface area contributed by atoms with Crippen LogP contribution in [0, 0.1) is 0 Å². The minimum absolute atomic E-state index is 0.380. The highest BCUT2D eigenvalue weighted by Crippen LogP contribution is 2.13. The third-order valence-corrected chi connectivity index (χ3v) is 2.50. The summed E-state index contributed by atoms with van der Waals surface area (Å²) in [5.74, 6) is 0.761. The molecule has 2 aromatic rings. The lowest BCUT2D eigenvalue weighted by atomic mass is 10.3. The van der Waals surface area contributed by atoms with Gasteiger partial charge in [-0.3, -0.25) is 0 Å². The van der Waals surface area contributed by atoms with Crippen LogP contribution in [0.3, 0.4) is 0 Å². The molecule has 0 aliphatic heterocycles. The van der Waals surface area contributed by atoms with E-state index in [1.165, 1.54) is 0 Å². The fourth-order valence-electron chi connectivity index (χ4n) is 1.34. The van der Waals surface area contributed by atoms with Gasteiger partial charge >= 0.3 is 16.3 Å². The molecule has 0 saturated heterocycles. The molecule has 0 bridgehead atoms. The number of hydrogen-bond acceptors (Lipinski definition) is 4.